The zero-order valence-corrected chi connectivity index (χ0v) is 10.5. The van der Waals surface area contributed by atoms with Crippen LogP contribution in [0.15, 0.2) is 42.7 Å². The van der Waals surface area contributed by atoms with Crippen LogP contribution in [0.25, 0.3) is 22.3 Å². The molecule has 0 unspecified atom stereocenters. The summed E-state index contributed by atoms with van der Waals surface area (Å²) < 4.78 is 0. The van der Waals surface area contributed by atoms with Crippen molar-refractivity contribution in [3.05, 3.63) is 53.4 Å². The van der Waals surface area contributed by atoms with Crippen molar-refractivity contribution in [1.82, 2.24) is 15.0 Å². The molecule has 0 aliphatic rings. The Morgan fingerprint density at radius 3 is 2.67 bits per heavy atom. The van der Waals surface area contributed by atoms with E-state index in [-0.39, 0.29) is 0 Å². The van der Waals surface area contributed by atoms with Crippen LogP contribution < -0.4 is 0 Å². The molecule has 0 saturated heterocycles. The van der Waals surface area contributed by atoms with Crippen LogP contribution in [0.1, 0.15) is 5.56 Å². The number of hydrogen-bond donors (Lipinski definition) is 0. The van der Waals surface area contributed by atoms with Crippen molar-refractivity contribution in [2.45, 2.75) is 6.92 Å². The molecular formula is C14H10ClN3. The maximum Gasteiger partial charge on any atom is 0.156 e. The summed E-state index contributed by atoms with van der Waals surface area (Å²) >= 11 is 6.16. The zero-order valence-electron chi connectivity index (χ0n) is 9.76. The lowest BCUT2D eigenvalue weighted by Crippen LogP contribution is -1.92. The molecule has 3 heterocycles. The van der Waals surface area contributed by atoms with Crippen LogP contribution in [0.3, 0.4) is 0 Å². The average Bonchev–Trinajstić information content (AvgIpc) is 2.39. The normalized spacial score (nSPS) is 10.8. The smallest absolute Gasteiger partial charge is 0.156 e. The molecule has 0 spiro atoms. The van der Waals surface area contributed by atoms with Crippen molar-refractivity contribution in [2.24, 2.45) is 0 Å². The topological polar surface area (TPSA) is 38.7 Å². The van der Waals surface area contributed by atoms with Gasteiger partial charge in [-0.15, -0.1) is 0 Å². The van der Waals surface area contributed by atoms with E-state index in [1.54, 1.807) is 12.4 Å². The highest BCUT2D eigenvalue weighted by Crippen LogP contribution is 2.26. The number of aryl methyl sites for hydroxylation is 1. The first-order valence-corrected chi connectivity index (χ1v) is 5.97. The standard InChI is InChI=1S/C14H10ClN3/c1-9-4-2-6-16-12(9)11-8-10-5-3-7-17-13(10)14(15)18-11/h2-8H,1H3. The Labute approximate surface area is 109 Å². The van der Waals surface area contributed by atoms with Crippen molar-refractivity contribution in [2.75, 3.05) is 0 Å². The highest BCUT2D eigenvalue weighted by atomic mass is 35.5. The molecule has 4 heteroatoms. The fourth-order valence-electron chi connectivity index (χ4n) is 1.92. The molecule has 0 atom stereocenters. The van der Waals surface area contributed by atoms with E-state index in [1.807, 2.05) is 37.3 Å². The summed E-state index contributed by atoms with van der Waals surface area (Å²) in [4.78, 5) is 13.0. The molecular weight excluding hydrogens is 246 g/mol. The Balaban J connectivity index is 2.28. The quantitative estimate of drug-likeness (QED) is 0.623. The molecule has 0 aliphatic carbocycles. The van der Waals surface area contributed by atoms with E-state index in [9.17, 15) is 0 Å². The highest BCUT2D eigenvalue weighted by Gasteiger charge is 2.09. The second-order valence-corrected chi connectivity index (χ2v) is 4.40. The summed E-state index contributed by atoms with van der Waals surface area (Å²) in [6.45, 7) is 2.01. The van der Waals surface area contributed by atoms with Gasteiger partial charge in [0.2, 0.25) is 0 Å². The van der Waals surface area contributed by atoms with E-state index < -0.39 is 0 Å². The van der Waals surface area contributed by atoms with E-state index in [0.717, 1.165) is 27.9 Å². The van der Waals surface area contributed by atoms with E-state index in [4.69, 9.17) is 11.6 Å². The van der Waals surface area contributed by atoms with Crippen LogP contribution in [0, 0.1) is 6.92 Å². The van der Waals surface area contributed by atoms with E-state index in [0.29, 0.717) is 5.15 Å². The first kappa shape index (κ1) is 11.1. The molecule has 88 valence electrons. The summed E-state index contributed by atoms with van der Waals surface area (Å²) in [6.07, 6.45) is 3.47. The average molecular weight is 256 g/mol. The fourth-order valence-corrected chi connectivity index (χ4v) is 2.17. The number of fused-ring (bicyclic) bond motifs is 1. The molecule has 0 radical (unpaired) electrons. The third-order valence-corrected chi connectivity index (χ3v) is 3.06. The predicted molar refractivity (Wildman–Crippen MR) is 72.5 cm³/mol. The number of rotatable bonds is 1. The third kappa shape index (κ3) is 1.83. The number of halogens is 1. The second-order valence-electron chi connectivity index (χ2n) is 4.04. The zero-order chi connectivity index (χ0) is 12.5. The maximum absolute atomic E-state index is 6.16. The Hall–Kier alpha value is -2.00. The Morgan fingerprint density at radius 1 is 1.06 bits per heavy atom. The Bertz CT molecular complexity index is 725. The van der Waals surface area contributed by atoms with Gasteiger partial charge in [0.25, 0.3) is 0 Å². The van der Waals surface area contributed by atoms with Gasteiger partial charge in [-0.05, 0) is 30.7 Å². The minimum Gasteiger partial charge on any atom is -0.254 e. The van der Waals surface area contributed by atoms with Gasteiger partial charge in [0.15, 0.2) is 5.15 Å². The van der Waals surface area contributed by atoms with Crippen LogP contribution in [-0.2, 0) is 0 Å². The number of pyridine rings is 3. The molecule has 0 N–H and O–H groups in total. The van der Waals surface area contributed by atoms with Crippen molar-refractivity contribution in [3.8, 4) is 11.4 Å². The SMILES string of the molecule is Cc1cccnc1-c1cc2cccnc2c(Cl)n1. The fraction of sp³-hybridized carbons (Fsp3) is 0.0714. The predicted octanol–water partition coefficient (Wildman–Crippen LogP) is 3.65. The van der Waals surface area contributed by atoms with Gasteiger partial charge in [-0.1, -0.05) is 23.7 Å². The van der Waals surface area contributed by atoms with Crippen LogP contribution in [-0.4, -0.2) is 15.0 Å². The molecule has 0 bridgehead atoms. The van der Waals surface area contributed by atoms with Crippen molar-refractivity contribution < 1.29 is 0 Å². The molecule has 0 saturated carbocycles. The maximum atomic E-state index is 6.16. The van der Waals surface area contributed by atoms with Crippen molar-refractivity contribution in [1.29, 1.82) is 0 Å². The summed E-state index contributed by atoms with van der Waals surface area (Å²) in [6, 6.07) is 9.73. The lowest BCUT2D eigenvalue weighted by molar-refractivity contribution is 1.22. The first-order valence-electron chi connectivity index (χ1n) is 5.59. The van der Waals surface area contributed by atoms with Crippen LogP contribution in [0.2, 0.25) is 5.15 Å². The Kier molecular flexibility index (Phi) is 2.68. The minimum atomic E-state index is 0.410. The highest BCUT2D eigenvalue weighted by molar-refractivity contribution is 6.33. The van der Waals surface area contributed by atoms with Gasteiger partial charge in [-0.3, -0.25) is 9.97 Å². The van der Waals surface area contributed by atoms with Gasteiger partial charge in [0.1, 0.15) is 5.52 Å². The summed E-state index contributed by atoms with van der Waals surface area (Å²) in [7, 11) is 0. The molecule has 3 rings (SSSR count). The van der Waals surface area contributed by atoms with Gasteiger partial charge in [0, 0.05) is 17.8 Å². The summed E-state index contributed by atoms with van der Waals surface area (Å²) in [5.41, 5.74) is 3.42. The van der Waals surface area contributed by atoms with Crippen LogP contribution >= 0.6 is 11.6 Å². The van der Waals surface area contributed by atoms with E-state index in [2.05, 4.69) is 15.0 Å². The number of hydrogen-bond acceptors (Lipinski definition) is 3. The first-order chi connectivity index (χ1) is 8.75. The van der Waals surface area contributed by atoms with Crippen LogP contribution in [0.5, 0.6) is 0 Å². The monoisotopic (exact) mass is 255 g/mol. The van der Waals surface area contributed by atoms with Gasteiger partial charge in [-0.2, -0.15) is 0 Å². The van der Waals surface area contributed by atoms with Crippen LogP contribution in [0.4, 0.5) is 0 Å². The van der Waals surface area contributed by atoms with Crippen molar-refractivity contribution >= 4 is 22.5 Å². The van der Waals surface area contributed by atoms with E-state index >= 15 is 0 Å². The molecule has 0 aliphatic heterocycles. The molecule has 18 heavy (non-hydrogen) atoms. The molecule has 0 aromatic carbocycles. The minimum absolute atomic E-state index is 0.410. The van der Waals surface area contributed by atoms with Gasteiger partial charge >= 0.3 is 0 Å². The second kappa shape index (κ2) is 4.35. The molecule has 3 aromatic heterocycles. The third-order valence-electron chi connectivity index (χ3n) is 2.80. The van der Waals surface area contributed by atoms with Gasteiger partial charge in [-0.25, -0.2) is 4.98 Å². The van der Waals surface area contributed by atoms with E-state index in [1.165, 1.54) is 0 Å². The lowest BCUT2D eigenvalue weighted by atomic mass is 10.1. The molecule has 3 aromatic rings. The molecule has 0 fully saturated rings. The molecule has 3 nitrogen and oxygen atoms in total. The number of aromatic nitrogens is 3. The van der Waals surface area contributed by atoms with Gasteiger partial charge in [0.05, 0.1) is 11.4 Å². The summed E-state index contributed by atoms with van der Waals surface area (Å²) in [5, 5.41) is 1.38. The lowest BCUT2D eigenvalue weighted by Gasteiger charge is -2.06. The Morgan fingerprint density at radius 2 is 1.83 bits per heavy atom. The molecule has 0 amide bonds. The summed E-state index contributed by atoms with van der Waals surface area (Å²) in [5.74, 6) is 0. The largest absolute Gasteiger partial charge is 0.254 e. The van der Waals surface area contributed by atoms with Crippen molar-refractivity contribution in [3.63, 3.8) is 0 Å². The number of nitrogens with zero attached hydrogens (tertiary/aromatic N) is 3. The van der Waals surface area contributed by atoms with Gasteiger partial charge < -0.3 is 0 Å².